The first kappa shape index (κ1) is 10.5. The van der Waals surface area contributed by atoms with Crippen LogP contribution in [0.15, 0.2) is 0 Å². The van der Waals surface area contributed by atoms with Crippen molar-refractivity contribution in [1.29, 1.82) is 0 Å². The normalized spacial score (nSPS) is 28.8. The smallest absolute Gasteiger partial charge is 0.205 e. The number of nitrogens with one attached hydrogen (secondary N) is 1. The van der Waals surface area contributed by atoms with Gasteiger partial charge in [-0.3, -0.25) is 4.90 Å². The van der Waals surface area contributed by atoms with E-state index in [4.69, 9.17) is 0 Å². The van der Waals surface area contributed by atoms with Gasteiger partial charge < -0.3 is 5.32 Å². The van der Waals surface area contributed by atoms with Gasteiger partial charge in [0.15, 0.2) is 0 Å². The van der Waals surface area contributed by atoms with Crippen molar-refractivity contribution in [3.63, 3.8) is 0 Å². The summed E-state index contributed by atoms with van der Waals surface area (Å²) in [6.45, 7) is 5.29. The molecule has 1 saturated carbocycles. The molecule has 2 unspecified atom stereocenters. The van der Waals surface area contributed by atoms with Crippen LogP contribution in [-0.4, -0.2) is 34.2 Å². The molecule has 3 rings (SSSR count). The van der Waals surface area contributed by atoms with E-state index in [1.807, 2.05) is 0 Å². The number of piperidine rings is 1. The predicted octanol–water partition coefficient (Wildman–Crippen LogP) is 1.95. The average molecular weight is 238 g/mol. The number of anilines is 1. The highest BCUT2D eigenvalue weighted by Gasteiger charge is 2.37. The second kappa shape index (κ2) is 4.30. The maximum atomic E-state index is 4.25. The van der Waals surface area contributed by atoms with Gasteiger partial charge in [-0.25, -0.2) is 0 Å². The fourth-order valence-corrected chi connectivity index (χ4v) is 3.77. The van der Waals surface area contributed by atoms with E-state index in [0.717, 1.165) is 35.2 Å². The maximum absolute atomic E-state index is 4.25. The van der Waals surface area contributed by atoms with Crippen LogP contribution in [0.5, 0.6) is 0 Å². The zero-order valence-electron chi connectivity index (χ0n) is 9.65. The van der Waals surface area contributed by atoms with Gasteiger partial charge in [0.05, 0.1) is 6.54 Å². The fourth-order valence-electron chi connectivity index (χ4n) is 2.93. The van der Waals surface area contributed by atoms with Gasteiger partial charge in [-0.2, -0.15) is 0 Å². The fraction of sp³-hybridized carbons (Fsp3) is 0.818. The van der Waals surface area contributed by atoms with E-state index >= 15 is 0 Å². The van der Waals surface area contributed by atoms with Crippen LogP contribution >= 0.6 is 11.3 Å². The number of hydrogen-bond donors (Lipinski definition) is 1. The molecule has 2 atom stereocenters. The Morgan fingerprint density at radius 1 is 1.44 bits per heavy atom. The van der Waals surface area contributed by atoms with Crippen molar-refractivity contribution in [2.24, 2.45) is 5.92 Å². The molecule has 5 heteroatoms. The quantitative estimate of drug-likeness (QED) is 0.870. The molecule has 16 heavy (non-hydrogen) atoms. The Morgan fingerprint density at radius 3 is 3.06 bits per heavy atom. The van der Waals surface area contributed by atoms with Crippen LogP contribution in [0.25, 0.3) is 0 Å². The van der Waals surface area contributed by atoms with Crippen molar-refractivity contribution >= 4 is 16.5 Å². The van der Waals surface area contributed by atoms with Crippen LogP contribution in [0.3, 0.4) is 0 Å². The summed E-state index contributed by atoms with van der Waals surface area (Å²) in [5, 5.41) is 13.7. The minimum Gasteiger partial charge on any atom is -0.360 e. The van der Waals surface area contributed by atoms with Gasteiger partial charge in [-0.15, -0.1) is 10.2 Å². The van der Waals surface area contributed by atoms with E-state index in [0.29, 0.717) is 0 Å². The molecule has 2 aliphatic rings. The van der Waals surface area contributed by atoms with E-state index in [9.17, 15) is 0 Å². The molecule has 1 N–H and O–H groups in total. The molecule has 88 valence electrons. The van der Waals surface area contributed by atoms with Crippen LogP contribution in [0, 0.1) is 5.92 Å². The molecule has 0 radical (unpaired) electrons. The molecule has 0 amide bonds. The Morgan fingerprint density at radius 2 is 2.38 bits per heavy atom. The number of rotatable bonds is 4. The maximum Gasteiger partial charge on any atom is 0.205 e. The Bertz CT molecular complexity index is 365. The van der Waals surface area contributed by atoms with Gasteiger partial charge in [0, 0.05) is 19.1 Å². The Kier molecular flexibility index (Phi) is 2.81. The summed E-state index contributed by atoms with van der Waals surface area (Å²) in [6, 6.07) is 0.830. The number of fused-ring (bicyclic) bond motifs is 2. The lowest BCUT2D eigenvalue weighted by molar-refractivity contribution is 0.204. The van der Waals surface area contributed by atoms with E-state index in [-0.39, 0.29) is 0 Å². The molecule has 0 spiro atoms. The summed E-state index contributed by atoms with van der Waals surface area (Å²) >= 11 is 1.70. The topological polar surface area (TPSA) is 41.1 Å². The van der Waals surface area contributed by atoms with Crippen LogP contribution in [0.4, 0.5) is 5.13 Å². The van der Waals surface area contributed by atoms with E-state index in [1.165, 1.54) is 25.8 Å². The summed E-state index contributed by atoms with van der Waals surface area (Å²) in [5.41, 5.74) is 0. The first-order valence-corrected chi connectivity index (χ1v) is 6.97. The summed E-state index contributed by atoms with van der Waals surface area (Å²) in [7, 11) is 0. The molecule has 1 aromatic heterocycles. The Labute approximate surface area is 100 Å². The summed E-state index contributed by atoms with van der Waals surface area (Å²) in [5.74, 6) is 0.964. The standard InChI is InChI=1S/C11H18N4S/c1-2-12-11-14-13-10(16-11)7-15-6-8-3-4-9(15)5-8/h8-9H,2-7H2,1H3,(H,12,14). The van der Waals surface area contributed by atoms with Crippen molar-refractivity contribution in [2.75, 3.05) is 18.4 Å². The second-order valence-electron chi connectivity index (χ2n) is 4.79. The highest BCUT2D eigenvalue weighted by Crippen LogP contribution is 2.38. The molecule has 1 aliphatic heterocycles. The van der Waals surface area contributed by atoms with Gasteiger partial charge in [0.25, 0.3) is 0 Å². The molecule has 1 saturated heterocycles. The Hall–Kier alpha value is -0.680. The van der Waals surface area contributed by atoms with Crippen molar-refractivity contribution in [3.05, 3.63) is 5.01 Å². The Balaban J connectivity index is 1.61. The van der Waals surface area contributed by atoms with Crippen molar-refractivity contribution in [1.82, 2.24) is 15.1 Å². The van der Waals surface area contributed by atoms with Crippen molar-refractivity contribution in [3.8, 4) is 0 Å². The lowest BCUT2D eigenvalue weighted by Gasteiger charge is -2.25. The zero-order chi connectivity index (χ0) is 11.0. The molecule has 2 fully saturated rings. The second-order valence-corrected chi connectivity index (χ2v) is 5.86. The van der Waals surface area contributed by atoms with E-state index in [1.54, 1.807) is 11.3 Å². The molecule has 1 aromatic rings. The van der Waals surface area contributed by atoms with Gasteiger partial charge >= 0.3 is 0 Å². The third-order valence-corrected chi connectivity index (χ3v) is 4.52. The van der Waals surface area contributed by atoms with Crippen LogP contribution in [0.1, 0.15) is 31.2 Å². The first-order valence-electron chi connectivity index (χ1n) is 6.15. The summed E-state index contributed by atoms with van der Waals surface area (Å²) < 4.78 is 0. The number of aromatic nitrogens is 2. The van der Waals surface area contributed by atoms with Gasteiger partial charge in [-0.05, 0) is 32.1 Å². The van der Waals surface area contributed by atoms with E-state index in [2.05, 4.69) is 27.3 Å². The van der Waals surface area contributed by atoms with Gasteiger partial charge in [0.1, 0.15) is 5.01 Å². The van der Waals surface area contributed by atoms with Gasteiger partial charge in [0.2, 0.25) is 5.13 Å². The molecule has 2 bridgehead atoms. The van der Waals surface area contributed by atoms with Crippen molar-refractivity contribution in [2.45, 2.75) is 38.8 Å². The molecule has 0 aromatic carbocycles. The summed E-state index contributed by atoms with van der Waals surface area (Å²) in [4.78, 5) is 2.59. The lowest BCUT2D eigenvalue weighted by atomic mass is 10.1. The van der Waals surface area contributed by atoms with Crippen LogP contribution in [0.2, 0.25) is 0 Å². The summed E-state index contributed by atoms with van der Waals surface area (Å²) in [6.07, 6.45) is 4.25. The third-order valence-electron chi connectivity index (χ3n) is 3.66. The predicted molar refractivity (Wildman–Crippen MR) is 65.6 cm³/mol. The van der Waals surface area contributed by atoms with Crippen LogP contribution in [-0.2, 0) is 6.54 Å². The molecule has 4 nitrogen and oxygen atoms in total. The molecular formula is C11H18N4S. The number of hydrogen-bond acceptors (Lipinski definition) is 5. The molecular weight excluding hydrogens is 220 g/mol. The highest BCUT2D eigenvalue weighted by molar-refractivity contribution is 7.15. The van der Waals surface area contributed by atoms with Gasteiger partial charge in [-0.1, -0.05) is 11.3 Å². The minimum atomic E-state index is 0.830. The minimum absolute atomic E-state index is 0.830. The number of likely N-dealkylation sites (tertiary alicyclic amines) is 1. The third kappa shape index (κ3) is 1.94. The largest absolute Gasteiger partial charge is 0.360 e. The monoisotopic (exact) mass is 238 g/mol. The van der Waals surface area contributed by atoms with Crippen molar-refractivity contribution < 1.29 is 0 Å². The average Bonchev–Trinajstić information content (AvgIpc) is 2.95. The zero-order valence-corrected chi connectivity index (χ0v) is 10.5. The SMILES string of the molecule is CCNc1nnc(CN2CC3CCC2C3)s1. The first-order chi connectivity index (χ1) is 7.85. The van der Waals surface area contributed by atoms with E-state index < -0.39 is 0 Å². The van der Waals surface area contributed by atoms with Crippen LogP contribution < -0.4 is 5.32 Å². The molecule has 1 aliphatic carbocycles. The number of nitrogens with zero attached hydrogens (tertiary/aromatic N) is 3. The molecule has 2 heterocycles. The highest BCUT2D eigenvalue weighted by atomic mass is 32.1. The lowest BCUT2D eigenvalue weighted by Crippen LogP contribution is -2.31.